The molecular weight excluding hydrogens is 526 g/mol. The molecule has 2 amide bonds. The van der Waals surface area contributed by atoms with Crippen LogP contribution < -0.4 is 14.4 Å². The van der Waals surface area contributed by atoms with E-state index in [0.717, 1.165) is 9.87 Å². The Morgan fingerprint density at radius 1 is 0.974 bits per heavy atom. The molecule has 0 radical (unpaired) electrons. The second kappa shape index (κ2) is 13.3. The Balaban J connectivity index is 2.04. The first-order chi connectivity index (χ1) is 18.2. The van der Waals surface area contributed by atoms with Gasteiger partial charge in [0.05, 0.1) is 17.7 Å². The summed E-state index contributed by atoms with van der Waals surface area (Å²) in [6.45, 7) is 3.59. The predicted molar refractivity (Wildman–Crippen MR) is 149 cm³/mol. The number of hydrogen-bond donors (Lipinski definition) is 1. The monoisotopic (exact) mass is 557 g/mol. The van der Waals surface area contributed by atoms with Crippen molar-refractivity contribution in [2.24, 2.45) is 0 Å². The Labute approximate surface area is 229 Å². The zero-order valence-electron chi connectivity index (χ0n) is 21.6. The number of carbonyl (C=O) groups is 2. The highest BCUT2D eigenvalue weighted by molar-refractivity contribution is 7.92. The maximum Gasteiger partial charge on any atom is 0.264 e. The summed E-state index contributed by atoms with van der Waals surface area (Å²) in [4.78, 5) is 28.3. The van der Waals surface area contributed by atoms with E-state index in [1.54, 1.807) is 74.7 Å². The summed E-state index contributed by atoms with van der Waals surface area (Å²) in [7, 11) is -2.57. The molecule has 0 spiro atoms. The summed E-state index contributed by atoms with van der Waals surface area (Å²) in [6, 6.07) is 20.5. The van der Waals surface area contributed by atoms with Crippen LogP contribution in [0.15, 0.2) is 83.8 Å². The fourth-order valence-corrected chi connectivity index (χ4v) is 5.63. The number of sulfonamides is 1. The fourth-order valence-electron chi connectivity index (χ4n) is 4.02. The maximum atomic E-state index is 13.9. The zero-order valence-corrected chi connectivity index (χ0v) is 23.2. The molecule has 1 N–H and O–H groups in total. The number of anilines is 1. The summed E-state index contributed by atoms with van der Waals surface area (Å²) < 4.78 is 33.7. The standard InChI is InChI=1S/C28H32ClN3O5S/c1-4-26(28(34)30-5-2)31(19-21-14-16-24(37-3)17-15-21)27(33)20-32(23-11-9-10-22(29)18-23)38(35,36)25-12-7-6-8-13-25/h6-18,26H,4-5,19-20H2,1-3H3,(H,30,34)/t26-/m0/s1. The van der Waals surface area contributed by atoms with Crippen molar-refractivity contribution < 1.29 is 22.7 Å². The van der Waals surface area contributed by atoms with Crippen molar-refractivity contribution in [1.82, 2.24) is 10.2 Å². The molecule has 38 heavy (non-hydrogen) atoms. The first-order valence-electron chi connectivity index (χ1n) is 12.2. The Kier molecular flexibility index (Phi) is 10.2. The minimum absolute atomic E-state index is 0.0326. The van der Waals surface area contributed by atoms with Crippen molar-refractivity contribution in [1.29, 1.82) is 0 Å². The van der Waals surface area contributed by atoms with Gasteiger partial charge in [0.15, 0.2) is 0 Å². The second-order valence-electron chi connectivity index (χ2n) is 8.49. The molecule has 8 nitrogen and oxygen atoms in total. The van der Waals surface area contributed by atoms with Gasteiger partial charge < -0.3 is 15.0 Å². The molecule has 1 atom stereocenters. The summed E-state index contributed by atoms with van der Waals surface area (Å²) in [5.74, 6) is -0.182. The molecule has 3 aromatic carbocycles. The highest BCUT2D eigenvalue weighted by atomic mass is 35.5. The van der Waals surface area contributed by atoms with Crippen molar-refractivity contribution in [2.75, 3.05) is 24.5 Å². The Bertz CT molecular complexity index is 1330. The molecule has 0 saturated carbocycles. The van der Waals surface area contributed by atoms with Crippen LogP contribution in [-0.4, -0.2) is 51.4 Å². The summed E-state index contributed by atoms with van der Waals surface area (Å²) >= 11 is 6.19. The molecule has 0 fully saturated rings. The van der Waals surface area contributed by atoms with Crippen LogP contribution in [0.25, 0.3) is 0 Å². The Hall–Kier alpha value is -3.56. The minimum Gasteiger partial charge on any atom is -0.497 e. The van der Waals surface area contributed by atoms with Gasteiger partial charge in [0, 0.05) is 18.1 Å². The van der Waals surface area contributed by atoms with E-state index in [4.69, 9.17) is 16.3 Å². The third-order valence-corrected chi connectivity index (χ3v) is 7.98. The van der Waals surface area contributed by atoms with Crippen molar-refractivity contribution in [2.45, 2.75) is 37.8 Å². The van der Waals surface area contributed by atoms with Crippen molar-refractivity contribution in [3.63, 3.8) is 0 Å². The predicted octanol–water partition coefficient (Wildman–Crippen LogP) is 4.49. The van der Waals surface area contributed by atoms with E-state index in [-0.39, 0.29) is 23.0 Å². The highest BCUT2D eigenvalue weighted by Gasteiger charge is 2.33. The first kappa shape index (κ1) is 29.0. The quantitative estimate of drug-likeness (QED) is 0.354. The summed E-state index contributed by atoms with van der Waals surface area (Å²) in [6.07, 6.45) is 0.344. The van der Waals surface area contributed by atoms with Crippen molar-refractivity contribution >= 4 is 39.1 Å². The lowest BCUT2D eigenvalue weighted by molar-refractivity contribution is -0.140. The van der Waals surface area contributed by atoms with Gasteiger partial charge in [-0.15, -0.1) is 0 Å². The van der Waals surface area contributed by atoms with E-state index >= 15 is 0 Å². The van der Waals surface area contributed by atoms with E-state index in [2.05, 4.69) is 5.32 Å². The highest BCUT2D eigenvalue weighted by Crippen LogP contribution is 2.27. The normalized spacial score (nSPS) is 11.9. The van der Waals surface area contributed by atoms with Crippen molar-refractivity contribution in [3.05, 3.63) is 89.4 Å². The molecule has 10 heteroatoms. The van der Waals surface area contributed by atoms with Gasteiger partial charge in [0.2, 0.25) is 11.8 Å². The molecular formula is C28H32ClN3O5S. The molecule has 0 heterocycles. The zero-order chi connectivity index (χ0) is 27.7. The van der Waals surface area contributed by atoms with Gasteiger partial charge >= 0.3 is 0 Å². The number of methoxy groups -OCH3 is 1. The van der Waals surface area contributed by atoms with Gasteiger partial charge in [-0.1, -0.05) is 54.9 Å². The molecule has 0 aliphatic carbocycles. The van der Waals surface area contributed by atoms with Crippen LogP contribution in [0.2, 0.25) is 5.02 Å². The number of benzene rings is 3. The molecule has 0 saturated heterocycles. The van der Waals surface area contributed by atoms with Crippen LogP contribution in [-0.2, 0) is 26.2 Å². The van der Waals surface area contributed by atoms with Gasteiger partial charge in [-0.3, -0.25) is 13.9 Å². The van der Waals surface area contributed by atoms with Gasteiger partial charge in [-0.25, -0.2) is 8.42 Å². The molecule has 0 aliphatic heterocycles. The molecule has 0 aromatic heterocycles. The molecule has 0 unspecified atom stereocenters. The van der Waals surface area contributed by atoms with Gasteiger partial charge in [0.1, 0.15) is 18.3 Å². The van der Waals surface area contributed by atoms with Crippen LogP contribution in [0.3, 0.4) is 0 Å². The van der Waals surface area contributed by atoms with Crippen molar-refractivity contribution in [3.8, 4) is 5.75 Å². The minimum atomic E-state index is -4.13. The maximum absolute atomic E-state index is 13.9. The van der Waals surface area contributed by atoms with E-state index < -0.39 is 28.5 Å². The summed E-state index contributed by atoms with van der Waals surface area (Å²) in [5, 5.41) is 3.11. The fraction of sp³-hybridized carbons (Fsp3) is 0.286. The average molecular weight is 558 g/mol. The Morgan fingerprint density at radius 3 is 2.24 bits per heavy atom. The molecule has 0 aliphatic rings. The number of rotatable bonds is 12. The van der Waals surface area contributed by atoms with E-state index in [1.807, 2.05) is 6.92 Å². The van der Waals surface area contributed by atoms with E-state index in [1.165, 1.54) is 23.1 Å². The summed E-state index contributed by atoms with van der Waals surface area (Å²) in [5.41, 5.74) is 1.01. The van der Waals surface area contributed by atoms with Crippen LogP contribution >= 0.6 is 11.6 Å². The Morgan fingerprint density at radius 2 is 1.66 bits per heavy atom. The number of nitrogens with one attached hydrogen (secondary N) is 1. The number of halogens is 1. The first-order valence-corrected chi connectivity index (χ1v) is 14.1. The number of amides is 2. The third kappa shape index (κ3) is 7.05. The number of hydrogen-bond acceptors (Lipinski definition) is 5. The van der Waals surface area contributed by atoms with Gasteiger partial charge in [-0.05, 0) is 61.4 Å². The van der Waals surface area contributed by atoms with Gasteiger partial charge in [0.25, 0.3) is 10.0 Å². The van der Waals surface area contributed by atoms with Crippen LogP contribution in [0, 0.1) is 0 Å². The smallest absolute Gasteiger partial charge is 0.264 e. The number of ether oxygens (including phenoxy) is 1. The number of carbonyl (C=O) groups excluding carboxylic acids is 2. The molecule has 3 rings (SSSR count). The number of likely N-dealkylation sites (N-methyl/N-ethyl adjacent to an activating group) is 1. The number of nitrogens with zero attached hydrogens (tertiary/aromatic N) is 2. The van der Waals surface area contributed by atoms with E-state index in [0.29, 0.717) is 23.7 Å². The van der Waals surface area contributed by atoms with Crippen LogP contribution in [0.5, 0.6) is 5.75 Å². The molecule has 202 valence electrons. The second-order valence-corrected chi connectivity index (χ2v) is 10.8. The average Bonchev–Trinajstić information content (AvgIpc) is 2.92. The lowest BCUT2D eigenvalue weighted by Crippen LogP contribution is -2.52. The lowest BCUT2D eigenvalue weighted by atomic mass is 10.1. The topological polar surface area (TPSA) is 96.0 Å². The third-order valence-electron chi connectivity index (χ3n) is 5.96. The van der Waals surface area contributed by atoms with E-state index in [9.17, 15) is 18.0 Å². The van der Waals surface area contributed by atoms with Crippen LogP contribution in [0.4, 0.5) is 5.69 Å². The molecule has 0 bridgehead atoms. The lowest BCUT2D eigenvalue weighted by Gasteiger charge is -2.33. The van der Waals surface area contributed by atoms with Crippen LogP contribution in [0.1, 0.15) is 25.8 Å². The SMILES string of the molecule is CCNC(=O)[C@H](CC)N(Cc1ccc(OC)cc1)C(=O)CN(c1cccc(Cl)c1)S(=O)(=O)c1ccccc1. The largest absolute Gasteiger partial charge is 0.497 e. The molecule has 3 aromatic rings. The van der Waals surface area contributed by atoms with Gasteiger partial charge in [-0.2, -0.15) is 0 Å².